The van der Waals surface area contributed by atoms with Crippen LogP contribution in [0.1, 0.15) is 12.8 Å². The highest BCUT2D eigenvalue weighted by Crippen LogP contribution is 2.16. The molecule has 28 heavy (non-hydrogen) atoms. The largest absolute Gasteiger partial charge is 0.382 e. The zero-order valence-corrected chi connectivity index (χ0v) is 18.6. The average Bonchev–Trinajstić information content (AvgIpc) is 2.64. The van der Waals surface area contributed by atoms with Crippen LogP contribution in [0.4, 0.5) is 0 Å². The molecule has 0 aliphatic carbocycles. The van der Waals surface area contributed by atoms with Crippen LogP contribution in [-0.4, -0.2) is 116 Å². The molecule has 0 aromatic rings. The fraction of sp³-hybridized carbons (Fsp3) is 0.944. The summed E-state index contributed by atoms with van der Waals surface area (Å²) in [5.74, 6) is 1.39. The summed E-state index contributed by atoms with van der Waals surface area (Å²) < 4.78 is 56.9. The highest BCUT2D eigenvalue weighted by atomic mass is 32.2. The Morgan fingerprint density at radius 3 is 2.00 bits per heavy atom. The van der Waals surface area contributed by atoms with E-state index >= 15 is 0 Å². The van der Waals surface area contributed by atoms with Crippen LogP contribution in [-0.2, 0) is 29.1 Å². The Morgan fingerprint density at radius 2 is 1.43 bits per heavy atom. The molecule has 165 valence electrons. The molecule has 0 N–H and O–H groups in total. The van der Waals surface area contributed by atoms with Crippen LogP contribution >= 0.6 is 0 Å². The molecule has 2 rings (SSSR count). The average molecular weight is 440 g/mol. The van der Waals surface area contributed by atoms with Gasteiger partial charge in [0.05, 0.1) is 36.2 Å². The molecule has 2 aliphatic rings. The summed E-state index contributed by atoms with van der Waals surface area (Å²) in [5, 5.41) is 0. The molecular formula is C18H35N2O6S2. The van der Waals surface area contributed by atoms with Gasteiger partial charge in [-0.15, -0.1) is 0 Å². The van der Waals surface area contributed by atoms with E-state index in [2.05, 4.69) is 16.2 Å². The fourth-order valence-corrected chi connectivity index (χ4v) is 6.06. The quantitative estimate of drug-likeness (QED) is 0.383. The maximum Gasteiger partial charge on any atom is 0.152 e. The molecular weight excluding hydrogens is 404 g/mol. The summed E-state index contributed by atoms with van der Waals surface area (Å²) in [6.07, 6.45) is 4.07. The zero-order valence-electron chi connectivity index (χ0n) is 16.9. The van der Waals surface area contributed by atoms with Crippen molar-refractivity contribution in [2.75, 3.05) is 89.2 Å². The Labute approximate surface area is 170 Å². The van der Waals surface area contributed by atoms with Crippen molar-refractivity contribution in [1.82, 2.24) is 9.80 Å². The SMILES string of the molecule is COCCOCCC(C[CH]CN1CCS(=O)(=O)CC1)CN1CCS(=O)(=O)CC1. The molecule has 10 heteroatoms. The lowest BCUT2D eigenvalue weighted by molar-refractivity contribution is 0.0606. The molecule has 1 unspecified atom stereocenters. The topological polar surface area (TPSA) is 93.2 Å². The summed E-state index contributed by atoms with van der Waals surface area (Å²) in [7, 11) is -4.06. The molecule has 1 atom stereocenters. The Bertz CT molecular complexity index is 625. The van der Waals surface area contributed by atoms with Gasteiger partial charge < -0.3 is 19.3 Å². The number of methoxy groups -OCH3 is 1. The summed E-state index contributed by atoms with van der Waals surface area (Å²) in [5.41, 5.74) is 0. The van der Waals surface area contributed by atoms with Gasteiger partial charge in [-0.3, -0.25) is 0 Å². The van der Waals surface area contributed by atoms with Gasteiger partial charge in [0.25, 0.3) is 0 Å². The van der Waals surface area contributed by atoms with Gasteiger partial charge in [-0.2, -0.15) is 0 Å². The minimum absolute atomic E-state index is 0.246. The molecule has 0 saturated carbocycles. The first-order valence-electron chi connectivity index (χ1n) is 10.0. The Balaban J connectivity index is 1.73. The van der Waals surface area contributed by atoms with Gasteiger partial charge in [-0.1, -0.05) is 0 Å². The zero-order chi connectivity index (χ0) is 20.5. The standard InChI is InChI=1S/C18H35N2O6S2/c1-25-11-12-26-10-4-18(17-20-8-15-28(23,24)16-9-20)3-2-5-19-6-13-27(21,22)14-7-19/h2,18H,3-17H2,1H3. The molecule has 0 aromatic heterocycles. The summed E-state index contributed by atoms with van der Waals surface area (Å²) in [6.45, 7) is 5.91. The van der Waals surface area contributed by atoms with Gasteiger partial charge in [-0.05, 0) is 25.2 Å². The molecule has 8 nitrogen and oxygen atoms in total. The van der Waals surface area contributed by atoms with Crippen molar-refractivity contribution in [2.24, 2.45) is 5.92 Å². The van der Waals surface area contributed by atoms with E-state index in [-0.39, 0.29) is 23.0 Å². The van der Waals surface area contributed by atoms with E-state index in [0.29, 0.717) is 51.9 Å². The van der Waals surface area contributed by atoms with E-state index in [9.17, 15) is 16.8 Å². The van der Waals surface area contributed by atoms with Gasteiger partial charge in [0.1, 0.15) is 0 Å². The maximum atomic E-state index is 11.6. The minimum Gasteiger partial charge on any atom is -0.382 e. The molecule has 1 radical (unpaired) electrons. The number of nitrogens with zero attached hydrogens (tertiary/aromatic N) is 2. The monoisotopic (exact) mass is 439 g/mol. The van der Waals surface area contributed by atoms with E-state index in [1.165, 1.54) is 0 Å². The first-order valence-corrected chi connectivity index (χ1v) is 13.7. The highest BCUT2D eigenvalue weighted by Gasteiger charge is 2.24. The summed E-state index contributed by atoms with van der Waals surface area (Å²) >= 11 is 0. The van der Waals surface area contributed by atoms with Crippen LogP contribution in [0.3, 0.4) is 0 Å². The second-order valence-corrected chi connectivity index (χ2v) is 12.3. The predicted octanol–water partition coefficient (Wildman–Crippen LogP) is -0.289. The molecule has 0 spiro atoms. The normalized spacial score (nSPS) is 24.2. The minimum atomic E-state index is -2.86. The molecule has 0 aromatic carbocycles. The third-order valence-electron chi connectivity index (χ3n) is 5.38. The van der Waals surface area contributed by atoms with Crippen molar-refractivity contribution in [3.8, 4) is 0 Å². The lowest BCUT2D eigenvalue weighted by atomic mass is 9.98. The fourth-order valence-electron chi connectivity index (χ4n) is 3.50. The van der Waals surface area contributed by atoms with E-state index in [1.807, 2.05) is 0 Å². The number of rotatable bonds is 12. The number of ether oxygens (including phenoxy) is 2. The van der Waals surface area contributed by atoms with Gasteiger partial charge >= 0.3 is 0 Å². The van der Waals surface area contributed by atoms with Crippen LogP contribution in [0.5, 0.6) is 0 Å². The van der Waals surface area contributed by atoms with Crippen LogP contribution in [0.25, 0.3) is 0 Å². The highest BCUT2D eigenvalue weighted by molar-refractivity contribution is 7.91. The van der Waals surface area contributed by atoms with Crippen molar-refractivity contribution in [3.63, 3.8) is 0 Å². The van der Waals surface area contributed by atoms with Gasteiger partial charge in [0.2, 0.25) is 0 Å². The summed E-state index contributed by atoms with van der Waals surface area (Å²) in [6, 6.07) is 0. The van der Waals surface area contributed by atoms with Crippen molar-refractivity contribution >= 4 is 19.7 Å². The van der Waals surface area contributed by atoms with Gasteiger partial charge in [0, 0.05) is 53.0 Å². The van der Waals surface area contributed by atoms with Crippen molar-refractivity contribution in [3.05, 3.63) is 6.42 Å². The second-order valence-electron chi connectivity index (χ2n) is 7.69. The molecule has 2 heterocycles. The van der Waals surface area contributed by atoms with E-state index in [1.54, 1.807) is 7.11 Å². The van der Waals surface area contributed by atoms with Crippen molar-refractivity contribution < 1.29 is 26.3 Å². The van der Waals surface area contributed by atoms with Crippen LogP contribution < -0.4 is 0 Å². The molecule has 2 fully saturated rings. The van der Waals surface area contributed by atoms with Crippen molar-refractivity contribution in [2.45, 2.75) is 12.8 Å². The molecule has 0 bridgehead atoms. The van der Waals surface area contributed by atoms with Crippen LogP contribution in [0.15, 0.2) is 0 Å². The maximum absolute atomic E-state index is 11.6. The lowest BCUT2D eigenvalue weighted by Gasteiger charge is -2.31. The number of hydrogen-bond acceptors (Lipinski definition) is 8. The molecule has 0 amide bonds. The Morgan fingerprint density at radius 1 is 0.857 bits per heavy atom. The van der Waals surface area contributed by atoms with Gasteiger partial charge in [0.15, 0.2) is 19.7 Å². The number of hydrogen-bond donors (Lipinski definition) is 0. The summed E-state index contributed by atoms with van der Waals surface area (Å²) in [4.78, 5) is 4.42. The van der Waals surface area contributed by atoms with Gasteiger partial charge in [-0.25, -0.2) is 16.8 Å². The van der Waals surface area contributed by atoms with Crippen LogP contribution in [0.2, 0.25) is 0 Å². The van der Waals surface area contributed by atoms with E-state index < -0.39 is 19.7 Å². The first-order chi connectivity index (χ1) is 13.3. The Kier molecular flexibility index (Phi) is 10.1. The third-order valence-corrected chi connectivity index (χ3v) is 8.60. The van der Waals surface area contributed by atoms with Crippen LogP contribution in [0, 0.1) is 12.3 Å². The first kappa shape index (κ1) is 24.0. The smallest absolute Gasteiger partial charge is 0.152 e. The Hall–Kier alpha value is -0.260. The molecule has 2 aliphatic heterocycles. The molecule has 2 saturated heterocycles. The lowest BCUT2D eigenvalue weighted by Crippen LogP contribution is -2.43. The van der Waals surface area contributed by atoms with E-state index in [0.717, 1.165) is 25.9 Å². The third kappa shape index (κ3) is 9.49. The predicted molar refractivity (Wildman–Crippen MR) is 110 cm³/mol. The van der Waals surface area contributed by atoms with Crippen molar-refractivity contribution in [1.29, 1.82) is 0 Å². The van der Waals surface area contributed by atoms with E-state index in [4.69, 9.17) is 9.47 Å². The number of sulfone groups is 2. The second kappa shape index (κ2) is 11.8.